The van der Waals surface area contributed by atoms with Crippen LogP contribution in [0.2, 0.25) is 0 Å². The number of aliphatic carboxylic acids is 1. The molecule has 0 spiro atoms. The molecule has 6 heteroatoms. The maximum Gasteiger partial charge on any atom is 1.00 e. The number of ether oxygens (including phenoxy) is 1. The van der Waals surface area contributed by atoms with Crippen molar-refractivity contribution in [2.45, 2.75) is 6.92 Å². The molecule has 0 rings (SSSR count). The summed E-state index contributed by atoms with van der Waals surface area (Å²) in [6.07, 6.45) is 0. The molecular formula is C6H13KO5. The van der Waals surface area contributed by atoms with Gasteiger partial charge in [0.1, 0.15) is 0 Å². The average Bonchev–Trinajstić information content (AvgIpc) is 1.88. The largest absolute Gasteiger partial charge is 1.00 e. The van der Waals surface area contributed by atoms with Crippen molar-refractivity contribution in [1.29, 1.82) is 0 Å². The molecule has 5 nitrogen and oxygen atoms in total. The molecule has 2 N–H and O–H groups in total. The molecule has 0 bridgehead atoms. The van der Waals surface area contributed by atoms with E-state index in [0.29, 0.717) is 13.2 Å². The van der Waals surface area contributed by atoms with Gasteiger partial charge in [0.2, 0.25) is 0 Å². The van der Waals surface area contributed by atoms with Gasteiger partial charge in [0.25, 0.3) is 0 Å². The van der Waals surface area contributed by atoms with Crippen LogP contribution in [0.5, 0.6) is 0 Å². The Hall–Kier alpha value is 0.986. The number of aliphatic hydroxyl groups is 2. The van der Waals surface area contributed by atoms with Crippen LogP contribution in [0.4, 0.5) is 0 Å². The molecule has 0 aliphatic carbocycles. The monoisotopic (exact) mass is 204 g/mol. The minimum absolute atomic E-state index is 0. The second kappa shape index (κ2) is 17.9. The van der Waals surface area contributed by atoms with E-state index in [4.69, 9.17) is 20.1 Å². The Bertz CT molecular complexity index is 80.0. The molecule has 0 unspecified atom stereocenters. The van der Waals surface area contributed by atoms with Gasteiger partial charge in [0.15, 0.2) is 0 Å². The Morgan fingerprint density at radius 3 is 1.75 bits per heavy atom. The van der Waals surface area contributed by atoms with Crippen molar-refractivity contribution >= 4 is 5.97 Å². The quantitative estimate of drug-likeness (QED) is 0.353. The van der Waals surface area contributed by atoms with Crippen LogP contribution in [0.25, 0.3) is 0 Å². The smallest absolute Gasteiger partial charge is 0.550 e. The van der Waals surface area contributed by atoms with E-state index in [2.05, 4.69) is 4.74 Å². The Morgan fingerprint density at radius 1 is 1.33 bits per heavy atom. The van der Waals surface area contributed by atoms with Gasteiger partial charge < -0.3 is 24.9 Å². The minimum Gasteiger partial charge on any atom is -0.550 e. The van der Waals surface area contributed by atoms with Crippen molar-refractivity contribution in [2.75, 3.05) is 26.4 Å². The van der Waals surface area contributed by atoms with E-state index in [1.165, 1.54) is 0 Å². The molecule has 0 saturated heterocycles. The third-order valence-corrected chi connectivity index (χ3v) is 0.471. The Kier molecular flexibility index (Phi) is 27.9. The van der Waals surface area contributed by atoms with Gasteiger partial charge in [-0.25, -0.2) is 0 Å². The molecule has 0 atom stereocenters. The van der Waals surface area contributed by atoms with Crippen LogP contribution in [0, 0.1) is 0 Å². The number of hydrogen-bond donors (Lipinski definition) is 2. The van der Waals surface area contributed by atoms with E-state index in [9.17, 15) is 0 Å². The van der Waals surface area contributed by atoms with Gasteiger partial charge in [-0.1, -0.05) is 0 Å². The number of carbonyl (C=O) groups is 1. The third kappa shape index (κ3) is 44.1. The molecule has 0 aliphatic heterocycles. The first-order chi connectivity index (χ1) is 5.15. The van der Waals surface area contributed by atoms with Crippen LogP contribution in [-0.2, 0) is 9.53 Å². The second-order valence-corrected chi connectivity index (χ2v) is 1.55. The molecule has 0 heterocycles. The zero-order chi connectivity index (χ0) is 9.11. The van der Waals surface area contributed by atoms with Crippen molar-refractivity contribution in [2.24, 2.45) is 0 Å². The van der Waals surface area contributed by atoms with Crippen molar-refractivity contribution in [3.05, 3.63) is 0 Å². The summed E-state index contributed by atoms with van der Waals surface area (Å²) in [5, 5.41) is 25.1. The number of hydrogen-bond acceptors (Lipinski definition) is 5. The summed E-state index contributed by atoms with van der Waals surface area (Å²) in [5.41, 5.74) is 0. The number of carbonyl (C=O) groups excluding carboxylic acids is 1. The Morgan fingerprint density at radius 2 is 1.58 bits per heavy atom. The van der Waals surface area contributed by atoms with Gasteiger partial charge in [-0.15, -0.1) is 0 Å². The van der Waals surface area contributed by atoms with E-state index in [0.717, 1.165) is 6.92 Å². The average molecular weight is 204 g/mol. The molecule has 0 amide bonds. The summed E-state index contributed by atoms with van der Waals surface area (Å²) in [4.78, 5) is 8.89. The standard InChI is InChI=1S/C4H10O3.C2H4O2.K/c5-1-3-7-4-2-6;1-2(3)4;/h5-6H,1-4H2;1H3,(H,3,4);/q;;+1/p-1. The van der Waals surface area contributed by atoms with Gasteiger partial charge >= 0.3 is 51.4 Å². The molecule has 0 radical (unpaired) electrons. The summed E-state index contributed by atoms with van der Waals surface area (Å²) in [5.74, 6) is -1.08. The van der Waals surface area contributed by atoms with Crippen LogP contribution in [0.1, 0.15) is 6.92 Å². The molecule has 68 valence electrons. The van der Waals surface area contributed by atoms with Crippen LogP contribution in [0.3, 0.4) is 0 Å². The SMILES string of the molecule is CC(=O)[O-].OCCOCCO.[K+]. The normalized spacial score (nSPS) is 7.58. The zero-order valence-corrected chi connectivity index (χ0v) is 10.6. The molecule has 0 aromatic heterocycles. The number of aliphatic hydroxyl groups excluding tert-OH is 2. The van der Waals surface area contributed by atoms with E-state index in [1.807, 2.05) is 0 Å². The topological polar surface area (TPSA) is 89.8 Å². The minimum atomic E-state index is -1.08. The Balaban J connectivity index is -0.000000142. The van der Waals surface area contributed by atoms with Crippen molar-refractivity contribution in [3.8, 4) is 0 Å². The van der Waals surface area contributed by atoms with Crippen molar-refractivity contribution in [1.82, 2.24) is 0 Å². The molecule has 0 aromatic rings. The molecule has 0 aliphatic rings. The van der Waals surface area contributed by atoms with Crippen molar-refractivity contribution < 1.29 is 76.2 Å². The van der Waals surface area contributed by atoms with Gasteiger partial charge in [-0.3, -0.25) is 0 Å². The predicted molar refractivity (Wildman–Crippen MR) is 35.7 cm³/mol. The summed E-state index contributed by atoms with van der Waals surface area (Å²) >= 11 is 0. The van der Waals surface area contributed by atoms with Gasteiger partial charge in [0, 0.05) is 5.97 Å². The molecule has 0 saturated carbocycles. The van der Waals surface area contributed by atoms with Gasteiger partial charge in [-0.05, 0) is 6.92 Å². The number of carboxylic acid groups (broad SMARTS) is 1. The maximum absolute atomic E-state index is 8.89. The fourth-order valence-electron chi connectivity index (χ4n) is 0.231. The van der Waals surface area contributed by atoms with Crippen LogP contribution >= 0.6 is 0 Å². The molecule has 0 fully saturated rings. The van der Waals surface area contributed by atoms with E-state index >= 15 is 0 Å². The van der Waals surface area contributed by atoms with Crippen LogP contribution < -0.4 is 56.5 Å². The van der Waals surface area contributed by atoms with Gasteiger partial charge in [-0.2, -0.15) is 0 Å². The van der Waals surface area contributed by atoms with Crippen LogP contribution in [0.15, 0.2) is 0 Å². The third-order valence-electron chi connectivity index (χ3n) is 0.471. The van der Waals surface area contributed by atoms with Crippen molar-refractivity contribution in [3.63, 3.8) is 0 Å². The van der Waals surface area contributed by atoms with Crippen LogP contribution in [-0.4, -0.2) is 42.6 Å². The zero-order valence-electron chi connectivity index (χ0n) is 7.45. The van der Waals surface area contributed by atoms with Gasteiger partial charge in [0.05, 0.1) is 26.4 Å². The molecule has 0 aromatic carbocycles. The molecule has 12 heavy (non-hydrogen) atoms. The Labute approximate surface area is 114 Å². The fourth-order valence-corrected chi connectivity index (χ4v) is 0.231. The first kappa shape index (κ1) is 18.7. The summed E-state index contributed by atoms with van der Waals surface area (Å²) in [7, 11) is 0. The molecular weight excluding hydrogens is 191 g/mol. The van der Waals surface area contributed by atoms with E-state index in [1.54, 1.807) is 0 Å². The first-order valence-electron chi connectivity index (χ1n) is 3.12. The maximum atomic E-state index is 8.89. The number of carboxylic acids is 1. The van der Waals surface area contributed by atoms with E-state index < -0.39 is 5.97 Å². The summed E-state index contributed by atoms with van der Waals surface area (Å²) in [6, 6.07) is 0. The fraction of sp³-hybridized carbons (Fsp3) is 0.833. The number of rotatable bonds is 4. The summed E-state index contributed by atoms with van der Waals surface area (Å²) < 4.78 is 4.63. The van der Waals surface area contributed by atoms with E-state index in [-0.39, 0.29) is 64.6 Å². The predicted octanol–water partition coefficient (Wildman–Crippen LogP) is -5.25. The first-order valence-corrected chi connectivity index (χ1v) is 3.12. The second-order valence-electron chi connectivity index (χ2n) is 1.55. The summed E-state index contributed by atoms with van der Waals surface area (Å²) in [6.45, 7) is 1.67.